The molecule has 1 aromatic rings. The summed E-state index contributed by atoms with van der Waals surface area (Å²) in [5.41, 5.74) is 8.68. The first-order valence-corrected chi connectivity index (χ1v) is 4.80. The molecule has 0 aliphatic carbocycles. The SMILES string of the molecule is COC(=O)c1cc(C#CCN=[N+]=[N-])cnc1Cl. The summed E-state index contributed by atoms with van der Waals surface area (Å²) >= 11 is 5.73. The number of hydrogen-bond donors (Lipinski definition) is 0. The van der Waals surface area contributed by atoms with Crippen molar-refractivity contribution < 1.29 is 9.53 Å². The molecular weight excluding hydrogens is 244 g/mol. The smallest absolute Gasteiger partial charge is 0.341 e. The largest absolute Gasteiger partial charge is 0.465 e. The van der Waals surface area contributed by atoms with Crippen LogP contribution in [0.2, 0.25) is 5.15 Å². The normalized spacial score (nSPS) is 8.59. The number of pyridine rings is 1. The molecule has 0 bridgehead atoms. The molecule has 0 radical (unpaired) electrons. The third-order valence-corrected chi connectivity index (χ3v) is 1.99. The van der Waals surface area contributed by atoms with Crippen LogP contribution < -0.4 is 0 Å². The number of carbonyl (C=O) groups excluding carboxylic acids is 1. The van der Waals surface area contributed by atoms with Crippen LogP contribution in [0, 0.1) is 11.8 Å². The van der Waals surface area contributed by atoms with Gasteiger partial charge in [0.15, 0.2) is 0 Å². The predicted octanol–water partition coefficient (Wildman–Crippen LogP) is 2.18. The minimum absolute atomic E-state index is 0.0483. The van der Waals surface area contributed by atoms with Crippen molar-refractivity contribution in [2.45, 2.75) is 0 Å². The zero-order valence-electron chi connectivity index (χ0n) is 8.85. The number of hydrogen-bond acceptors (Lipinski definition) is 4. The summed E-state index contributed by atoms with van der Waals surface area (Å²) in [5.74, 6) is 4.70. The van der Waals surface area contributed by atoms with E-state index in [0.29, 0.717) is 5.56 Å². The molecule has 0 atom stereocenters. The van der Waals surface area contributed by atoms with Crippen LogP contribution in [-0.4, -0.2) is 24.6 Å². The van der Waals surface area contributed by atoms with E-state index in [2.05, 4.69) is 31.6 Å². The lowest BCUT2D eigenvalue weighted by Gasteiger charge is -2.01. The lowest BCUT2D eigenvalue weighted by Crippen LogP contribution is -2.03. The molecule has 0 spiro atoms. The van der Waals surface area contributed by atoms with E-state index in [1.54, 1.807) is 0 Å². The number of aromatic nitrogens is 1. The number of nitrogens with zero attached hydrogens (tertiary/aromatic N) is 4. The van der Waals surface area contributed by atoms with Gasteiger partial charge in [-0.2, -0.15) is 0 Å². The van der Waals surface area contributed by atoms with E-state index in [9.17, 15) is 4.79 Å². The molecule has 0 amide bonds. The first-order valence-electron chi connectivity index (χ1n) is 4.42. The van der Waals surface area contributed by atoms with Gasteiger partial charge in [-0.3, -0.25) is 0 Å². The highest BCUT2D eigenvalue weighted by atomic mass is 35.5. The predicted molar refractivity (Wildman–Crippen MR) is 61.5 cm³/mol. The Morgan fingerprint density at radius 2 is 2.53 bits per heavy atom. The van der Waals surface area contributed by atoms with Gasteiger partial charge in [0.05, 0.1) is 19.2 Å². The van der Waals surface area contributed by atoms with Gasteiger partial charge >= 0.3 is 5.97 Å². The van der Waals surface area contributed by atoms with Crippen molar-refractivity contribution in [2.24, 2.45) is 5.11 Å². The monoisotopic (exact) mass is 250 g/mol. The van der Waals surface area contributed by atoms with Crippen LogP contribution in [0.5, 0.6) is 0 Å². The van der Waals surface area contributed by atoms with Gasteiger partial charge in [0.1, 0.15) is 5.15 Å². The molecule has 0 saturated heterocycles. The number of azide groups is 1. The van der Waals surface area contributed by atoms with Gasteiger partial charge in [0, 0.05) is 16.7 Å². The summed E-state index contributed by atoms with van der Waals surface area (Å²) in [4.78, 5) is 17.7. The van der Waals surface area contributed by atoms with Crippen LogP contribution in [-0.2, 0) is 4.74 Å². The second-order valence-corrected chi connectivity index (χ2v) is 3.10. The molecule has 1 heterocycles. The Labute approximate surface area is 102 Å². The summed E-state index contributed by atoms with van der Waals surface area (Å²) in [6, 6.07) is 1.46. The molecule has 0 aromatic carbocycles. The molecule has 17 heavy (non-hydrogen) atoms. The molecule has 86 valence electrons. The van der Waals surface area contributed by atoms with Crippen molar-refractivity contribution in [3.05, 3.63) is 39.0 Å². The molecule has 7 heteroatoms. The average Bonchev–Trinajstić information content (AvgIpc) is 2.35. The van der Waals surface area contributed by atoms with E-state index in [4.69, 9.17) is 17.1 Å². The Morgan fingerprint density at radius 1 is 1.76 bits per heavy atom. The Kier molecular flexibility index (Phi) is 4.82. The lowest BCUT2D eigenvalue weighted by molar-refractivity contribution is 0.0600. The number of ether oxygens (including phenoxy) is 1. The average molecular weight is 251 g/mol. The fourth-order valence-electron chi connectivity index (χ4n) is 0.978. The van der Waals surface area contributed by atoms with Crippen molar-refractivity contribution in [3.8, 4) is 11.8 Å². The Bertz CT molecular complexity index is 541. The van der Waals surface area contributed by atoms with Gasteiger partial charge in [0.25, 0.3) is 0 Å². The Morgan fingerprint density at radius 3 is 3.18 bits per heavy atom. The van der Waals surface area contributed by atoms with Gasteiger partial charge in [-0.1, -0.05) is 28.6 Å². The molecule has 0 fully saturated rings. The number of carbonyl (C=O) groups is 1. The Balaban J connectivity index is 2.98. The first-order chi connectivity index (χ1) is 8.19. The summed E-state index contributed by atoms with van der Waals surface area (Å²) in [5, 5.41) is 3.30. The minimum Gasteiger partial charge on any atom is -0.465 e. The highest BCUT2D eigenvalue weighted by Gasteiger charge is 2.11. The maximum absolute atomic E-state index is 11.3. The van der Waals surface area contributed by atoms with Gasteiger partial charge < -0.3 is 4.74 Å². The van der Waals surface area contributed by atoms with E-state index in [1.807, 2.05) is 0 Å². The van der Waals surface area contributed by atoms with Crippen LogP contribution in [0.25, 0.3) is 10.4 Å². The first kappa shape index (κ1) is 12.8. The zero-order chi connectivity index (χ0) is 12.7. The second-order valence-electron chi connectivity index (χ2n) is 2.74. The number of methoxy groups -OCH3 is 1. The molecule has 1 rings (SSSR count). The summed E-state index contributed by atoms with van der Waals surface area (Å²) in [6.45, 7) is 0.0483. The van der Waals surface area contributed by atoms with E-state index in [1.165, 1.54) is 19.4 Å². The van der Waals surface area contributed by atoms with Crippen LogP contribution in [0.4, 0.5) is 0 Å². The number of halogens is 1. The van der Waals surface area contributed by atoms with Crippen LogP contribution in [0.15, 0.2) is 17.4 Å². The fraction of sp³-hybridized carbons (Fsp3) is 0.200. The van der Waals surface area contributed by atoms with Gasteiger partial charge in [-0.15, -0.1) is 0 Å². The molecule has 0 aliphatic heterocycles. The molecule has 1 aromatic heterocycles. The lowest BCUT2D eigenvalue weighted by atomic mass is 10.2. The minimum atomic E-state index is -0.582. The summed E-state index contributed by atoms with van der Waals surface area (Å²) < 4.78 is 4.54. The fourth-order valence-corrected chi connectivity index (χ4v) is 1.16. The molecule has 0 unspecified atom stereocenters. The molecule has 6 nitrogen and oxygen atoms in total. The van der Waals surface area contributed by atoms with Gasteiger partial charge in [-0.25, -0.2) is 9.78 Å². The van der Waals surface area contributed by atoms with Crippen molar-refractivity contribution in [2.75, 3.05) is 13.7 Å². The van der Waals surface area contributed by atoms with Gasteiger partial charge in [0.2, 0.25) is 0 Å². The standard InChI is InChI=1S/C10H7ClN4O2/c1-17-10(16)8-5-7(6-13-9(8)11)3-2-4-14-15-12/h5-6H,4H2,1H3. The highest BCUT2D eigenvalue weighted by Crippen LogP contribution is 2.14. The number of rotatable bonds is 2. The van der Waals surface area contributed by atoms with Gasteiger partial charge in [-0.05, 0) is 11.6 Å². The second kappa shape index (κ2) is 6.38. The van der Waals surface area contributed by atoms with Crippen molar-refractivity contribution in [3.63, 3.8) is 0 Å². The van der Waals surface area contributed by atoms with Crippen molar-refractivity contribution in [1.82, 2.24) is 4.98 Å². The van der Waals surface area contributed by atoms with E-state index in [-0.39, 0.29) is 17.3 Å². The van der Waals surface area contributed by atoms with Crippen LogP contribution in [0.1, 0.15) is 15.9 Å². The maximum Gasteiger partial charge on any atom is 0.341 e. The molecule has 0 aliphatic rings. The topological polar surface area (TPSA) is 88.0 Å². The van der Waals surface area contributed by atoms with Crippen LogP contribution >= 0.6 is 11.6 Å². The summed E-state index contributed by atoms with van der Waals surface area (Å²) in [6.07, 6.45) is 1.41. The maximum atomic E-state index is 11.3. The van der Waals surface area contributed by atoms with E-state index in [0.717, 1.165) is 0 Å². The number of esters is 1. The molecule has 0 saturated carbocycles. The Hall–Kier alpha value is -2.22. The third kappa shape index (κ3) is 3.68. The molecule has 0 N–H and O–H groups in total. The van der Waals surface area contributed by atoms with Crippen LogP contribution in [0.3, 0.4) is 0 Å². The quantitative estimate of drug-likeness (QED) is 0.201. The van der Waals surface area contributed by atoms with E-state index >= 15 is 0 Å². The highest BCUT2D eigenvalue weighted by molar-refractivity contribution is 6.32. The zero-order valence-corrected chi connectivity index (χ0v) is 9.60. The third-order valence-electron chi connectivity index (χ3n) is 1.69. The summed E-state index contributed by atoms with van der Waals surface area (Å²) in [7, 11) is 1.25. The van der Waals surface area contributed by atoms with Crippen molar-refractivity contribution in [1.29, 1.82) is 0 Å². The van der Waals surface area contributed by atoms with Crippen molar-refractivity contribution >= 4 is 17.6 Å². The molecular formula is C10H7ClN4O2. The van der Waals surface area contributed by atoms with E-state index < -0.39 is 5.97 Å².